The molecule has 128 valence electrons. The van der Waals surface area contributed by atoms with Gasteiger partial charge in [0.15, 0.2) is 0 Å². The van der Waals surface area contributed by atoms with E-state index in [2.05, 4.69) is 5.32 Å². The van der Waals surface area contributed by atoms with E-state index in [1.54, 1.807) is 57.3 Å². The van der Waals surface area contributed by atoms with Gasteiger partial charge in [-0.25, -0.2) is 0 Å². The Balaban J connectivity index is 2.75. The summed E-state index contributed by atoms with van der Waals surface area (Å²) in [6.45, 7) is 2.84. The first-order chi connectivity index (χ1) is 10.8. The largest absolute Gasteiger partial charge is 0.383 e. The second-order valence-corrected chi connectivity index (χ2v) is 5.86. The monoisotopic (exact) mass is 341 g/mol. The summed E-state index contributed by atoms with van der Waals surface area (Å²) in [5, 5.41) is 3.36. The minimum atomic E-state index is -0.479. The molecule has 6 nitrogen and oxygen atoms in total. The number of hydrogen-bond acceptors (Lipinski definition) is 4. The van der Waals surface area contributed by atoms with Gasteiger partial charge in [0.2, 0.25) is 11.8 Å². The van der Waals surface area contributed by atoms with Gasteiger partial charge in [0.1, 0.15) is 0 Å². The fourth-order valence-electron chi connectivity index (χ4n) is 1.91. The van der Waals surface area contributed by atoms with Crippen molar-refractivity contribution in [3.05, 3.63) is 29.3 Å². The quantitative estimate of drug-likeness (QED) is 0.782. The molecule has 0 aliphatic rings. The number of methoxy groups -OCH3 is 1. The highest BCUT2D eigenvalue weighted by Gasteiger charge is 2.24. The second-order valence-electron chi connectivity index (χ2n) is 5.43. The number of carbonyl (C=O) groups excluding carboxylic acids is 2. The SMILES string of the molecule is COCCN(CC(=O)N(C)C)[C@@H](C)C(=O)Nc1cccc(Cl)c1. The fourth-order valence-corrected chi connectivity index (χ4v) is 2.10. The van der Waals surface area contributed by atoms with Crippen molar-refractivity contribution in [1.29, 1.82) is 0 Å². The first-order valence-corrected chi connectivity index (χ1v) is 7.72. The zero-order chi connectivity index (χ0) is 17.4. The predicted molar refractivity (Wildman–Crippen MR) is 91.7 cm³/mol. The number of carbonyl (C=O) groups is 2. The molecule has 0 aromatic heterocycles. The summed E-state index contributed by atoms with van der Waals surface area (Å²) in [7, 11) is 4.96. The molecule has 0 saturated heterocycles. The second kappa shape index (κ2) is 9.50. The summed E-state index contributed by atoms with van der Waals surface area (Å²) >= 11 is 5.91. The molecule has 2 amide bonds. The van der Waals surface area contributed by atoms with Crippen LogP contribution in [0.4, 0.5) is 5.69 Å². The molecule has 1 atom stereocenters. The Morgan fingerprint density at radius 1 is 1.35 bits per heavy atom. The van der Waals surface area contributed by atoms with Gasteiger partial charge >= 0.3 is 0 Å². The number of likely N-dealkylation sites (N-methyl/N-ethyl adjacent to an activating group) is 1. The Morgan fingerprint density at radius 3 is 2.61 bits per heavy atom. The molecule has 7 heteroatoms. The van der Waals surface area contributed by atoms with E-state index in [0.717, 1.165) is 0 Å². The van der Waals surface area contributed by atoms with Crippen LogP contribution in [0.3, 0.4) is 0 Å². The summed E-state index contributed by atoms with van der Waals surface area (Å²) in [4.78, 5) is 27.6. The predicted octanol–water partition coefficient (Wildman–Crippen LogP) is 1.70. The third-order valence-corrected chi connectivity index (χ3v) is 3.67. The van der Waals surface area contributed by atoms with Gasteiger partial charge in [-0.05, 0) is 25.1 Å². The van der Waals surface area contributed by atoms with E-state index < -0.39 is 6.04 Å². The topological polar surface area (TPSA) is 61.9 Å². The number of benzene rings is 1. The minimum Gasteiger partial charge on any atom is -0.383 e. The average molecular weight is 342 g/mol. The molecule has 0 heterocycles. The number of anilines is 1. The fraction of sp³-hybridized carbons (Fsp3) is 0.500. The van der Waals surface area contributed by atoms with Crippen molar-refractivity contribution in [1.82, 2.24) is 9.80 Å². The molecule has 1 aromatic rings. The van der Waals surface area contributed by atoms with E-state index >= 15 is 0 Å². The molecule has 1 N–H and O–H groups in total. The van der Waals surface area contributed by atoms with Gasteiger partial charge in [-0.15, -0.1) is 0 Å². The lowest BCUT2D eigenvalue weighted by Gasteiger charge is -2.28. The van der Waals surface area contributed by atoms with Gasteiger partial charge in [-0.1, -0.05) is 17.7 Å². The Morgan fingerprint density at radius 2 is 2.04 bits per heavy atom. The van der Waals surface area contributed by atoms with E-state index in [-0.39, 0.29) is 18.4 Å². The summed E-state index contributed by atoms with van der Waals surface area (Å²) < 4.78 is 5.06. The van der Waals surface area contributed by atoms with Gasteiger partial charge in [0.05, 0.1) is 19.2 Å². The lowest BCUT2D eigenvalue weighted by atomic mass is 10.2. The van der Waals surface area contributed by atoms with Gasteiger partial charge in [-0.3, -0.25) is 14.5 Å². The highest BCUT2D eigenvalue weighted by Crippen LogP contribution is 2.15. The number of nitrogens with zero attached hydrogens (tertiary/aromatic N) is 2. The molecule has 0 unspecified atom stereocenters. The van der Waals surface area contributed by atoms with Crippen LogP contribution >= 0.6 is 11.6 Å². The summed E-state index contributed by atoms with van der Waals surface area (Å²) in [5.74, 6) is -0.265. The maximum Gasteiger partial charge on any atom is 0.241 e. The van der Waals surface area contributed by atoms with Crippen LogP contribution in [0.25, 0.3) is 0 Å². The maximum atomic E-state index is 12.4. The van der Waals surface area contributed by atoms with Crippen molar-refractivity contribution in [3.63, 3.8) is 0 Å². The summed E-state index contributed by atoms with van der Waals surface area (Å²) in [6.07, 6.45) is 0. The van der Waals surface area contributed by atoms with Crippen LogP contribution < -0.4 is 5.32 Å². The molecule has 23 heavy (non-hydrogen) atoms. The number of nitrogens with one attached hydrogen (secondary N) is 1. The minimum absolute atomic E-state index is 0.0662. The van der Waals surface area contributed by atoms with Gasteiger partial charge in [0, 0.05) is 38.5 Å². The van der Waals surface area contributed by atoms with Gasteiger partial charge in [-0.2, -0.15) is 0 Å². The van der Waals surface area contributed by atoms with Crippen molar-refractivity contribution < 1.29 is 14.3 Å². The van der Waals surface area contributed by atoms with Crippen molar-refractivity contribution in [2.24, 2.45) is 0 Å². The molecule has 0 bridgehead atoms. The Hall–Kier alpha value is -1.63. The number of amides is 2. The van der Waals surface area contributed by atoms with E-state index in [1.807, 2.05) is 0 Å². The van der Waals surface area contributed by atoms with Gasteiger partial charge in [0.25, 0.3) is 0 Å². The maximum absolute atomic E-state index is 12.4. The molecule has 0 aliphatic carbocycles. The first kappa shape index (κ1) is 19.4. The number of halogens is 1. The molecule has 0 fully saturated rings. The number of hydrogen-bond donors (Lipinski definition) is 1. The lowest BCUT2D eigenvalue weighted by molar-refractivity contribution is -0.131. The Bertz CT molecular complexity index is 537. The normalized spacial score (nSPS) is 12.1. The van der Waals surface area contributed by atoms with Crippen LogP contribution in [0.5, 0.6) is 0 Å². The molecular weight excluding hydrogens is 318 g/mol. The van der Waals surface area contributed by atoms with E-state index in [0.29, 0.717) is 23.9 Å². The van der Waals surface area contributed by atoms with Crippen LogP contribution in [-0.2, 0) is 14.3 Å². The molecular formula is C16H24ClN3O3. The van der Waals surface area contributed by atoms with Crippen LogP contribution in [0.1, 0.15) is 6.92 Å². The Labute approximate surface area is 142 Å². The van der Waals surface area contributed by atoms with Crippen molar-refractivity contribution >= 4 is 29.1 Å². The van der Waals surface area contributed by atoms with E-state index in [1.165, 1.54) is 4.90 Å². The first-order valence-electron chi connectivity index (χ1n) is 7.34. The number of rotatable bonds is 8. The summed E-state index contributed by atoms with van der Waals surface area (Å²) in [5.41, 5.74) is 0.625. The molecule has 1 aromatic carbocycles. The zero-order valence-electron chi connectivity index (χ0n) is 14.0. The van der Waals surface area contributed by atoms with Crippen LogP contribution in [0.2, 0.25) is 5.02 Å². The molecule has 0 aliphatic heterocycles. The highest BCUT2D eigenvalue weighted by atomic mass is 35.5. The van der Waals surface area contributed by atoms with Crippen molar-refractivity contribution in [2.75, 3.05) is 46.2 Å². The smallest absolute Gasteiger partial charge is 0.241 e. The standard InChI is InChI=1S/C16H24ClN3O3/c1-12(16(22)18-14-7-5-6-13(17)10-14)20(8-9-23-4)11-15(21)19(2)3/h5-7,10,12H,8-9,11H2,1-4H3,(H,18,22)/t12-/m0/s1. The van der Waals surface area contributed by atoms with E-state index in [4.69, 9.17) is 16.3 Å². The highest BCUT2D eigenvalue weighted by molar-refractivity contribution is 6.30. The molecule has 0 saturated carbocycles. The molecule has 0 radical (unpaired) electrons. The third kappa shape index (κ3) is 6.56. The molecule has 0 spiro atoms. The molecule has 1 rings (SSSR count). The van der Waals surface area contributed by atoms with E-state index in [9.17, 15) is 9.59 Å². The number of ether oxygens (including phenoxy) is 1. The lowest BCUT2D eigenvalue weighted by Crippen LogP contribution is -2.48. The van der Waals surface area contributed by atoms with Crippen LogP contribution in [0.15, 0.2) is 24.3 Å². The summed E-state index contributed by atoms with van der Waals surface area (Å²) in [6, 6.07) is 6.47. The Kier molecular flexibility index (Phi) is 8.02. The van der Waals surface area contributed by atoms with Crippen molar-refractivity contribution in [3.8, 4) is 0 Å². The average Bonchev–Trinajstić information content (AvgIpc) is 2.50. The van der Waals surface area contributed by atoms with Crippen LogP contribution in [0, 0.1) is 0 Å². The third-order valence-electron chi connectivity index (χ3n) is 3.44. The van der Waals surface area contributed by atoms with Gasteiger partial charge < -0.3 is 15.0 Å². The van der Waals surface area contributed by atoms with Crippen LogP contribution in [-0.4, -0.2) is 68.6 Å². The zero-order valence-corrected chi connectivity index (χ0v) is 14.8. The van der Waals surface area contributed by atoms with Crippen molar-refractivity contribution in [2.45, 2.75) is 13.0 Å².